The Morgan fingerprint density at radius 2 is 1.84 bits per heavy atom. The van der Waals surface area contributed by atoms with Crippen molar-refractivity contribution in [3.63, 3.8) is 0 Å². The average Bonchev–Trinajstić information content (AvgIpc) is 2.41. The fourth-order valence-corrected chi connectivity index (χ4v) is 1.60. The van der Waals surface area contributed by atoms with Crippen LogP contribution in [0.5, 0.6) is 0 Å². The lowest BCUT2D eigenvalue weighted by molar-refractivity contribution is -0.384. The van der Waals surface area contributed by atoms with E-state index >= 15 is 0 Å². The highest BCUT2D eigenvalue weighted by atomic mass is 35.5. The van der Waals surface area contributed by atoms with Gasteiger partial charge in [0.2, 0.25) is 5.95 Å². The molecule has 0 spiro atoms. The van der Waals surface area contributed by atoms with Gasteiger partial charge in [0.05, 0.1) is 22.3 Å². The van der Waals surface area contributed by atoms with Gasteiger partial charge in [-0.25, -0.2) is 9.97 Å². The number of nitro benzene ring substituents is 1. The number of nitrogens with one attached hydrogen (secondary N) is 1. The van der Waals surface area contributed by atoms with Gasteiger partial charge >= 0.3 is 0 Å². The van der Waals surface area contributed by atoms with E-state index < -0.39 is 4.92 Å². The molecule has 1 aromatic carbocycles. The van der Waals surface area contributed by atoms with Crippen molar-refractivity contribution >= 4 is 23.2 Å². The predicted molar refractivity (Wildman–Crippen MR) is 72.3 cm³/mol. The van der Waals surface area contributed by atoms with Crippen molar-refractivity contribution in [1.29, 1.82) is 0 Å². The van der Waals surface area contributed by atoms with E-state index in [-0.39, 0.29) is 5.69 Å². The topological polar surface area (TPSA) is 81.0 Å². The normalized spacial score (nSPS) is 10.2. The molecule has 0 radical (unpaired) electrons. The van der Waals surface area contributed by atoms with Gasteiger partial charge in [-0.2, -0.15) is 0 Å². The predicted octanol–water partition coefficient (Wildman–Crippen LogP) is 2.69. The standard InChI is InChI=1S/C12H11ClN4O2/c13-10-7-15-12(16-8-10)14-6-5-9-1-3-11(4-2-9)17(18)19/h1-4,7-8H,5-6H2,(H,14,15,16). The van der Waals surface area contributed by atoms with Crippen LogP contribution in [0, 0.1) is 10.1 Å². The Kier molecular flexibility index (Phi) is 4.25. The number of rotatable bonds is 5. The summed E-state index contributed by atoms with van der Waals surface area (Å²) in [6.07, 6.45) is 3.76. The Morgan fingerprint density at radius 3 is 2.42 bits per heavy atom. The van der Waals surface area contributed by atoms with Crippen LogP contribution < -0.4 is 5.32 Å². The number of hydrogen-bond donors (Lipinski definition) is 1. The van der Waals surface area contributed by atoms with Crippen LogP contribution in [0.25, 0.3) is 0 Å². The van der Waals surface area contributed by atoms with Gasteiger partial charge in [0.25, 0.3) is 5.69 Å². The first-order chi connectivity index (χ1) is 9.15. The van der Waals surface area contributed by atoms with E-state index in [0.717, 1.165) is 12.0 Å². The summed E-state index contributed by atoms with van der Waals surface area (Å²) in [5.41, 5.74) is 1.10. The molecule has 6 nitrogen and oxygen atoms in total. The van der Waals surface area contributed by atoms with Crippen LogP contribution in [0.3, 0.4) is 0 Å². The zero-order valence-corrected chi connectivity index (χ0v) is 10.7. The van der Waals surface area contributed by atoms with Crippen molar-refractivity contribution in [2.75, 3.05) is 11.9 Å². The summed E-state index contributed by atoms with van der Waals surface area (Å²) in [5.74, 6) is 0.506. The van der Waals surface area contributed by atoms with Crippen LogP contribution in [0.2, 0.25) is 5.02 Å². The largest absolute Gasteiger partial charge is 0.354 e. The van der Waals surface area contributed by atoms with Gasteiger partial charge in [-0.3, -0.25) is 10.1 Å². The second kappa shape index (κ2) is 6.10. The van der Waals surface area contributed by atoms with Crippen LogP contribution in [-0.2, 0) is 6.42 Å². The summed E-state index contributed by atoms with van der Waals surface area (Å²) in [4.78, 5) is 18.1. The molecule has 0 aliphatic carbocycles. The first-order valence-corrected chi connectivity index (χ1v) is 5.98. The van der Waals surface area contributed by atoms with Crippen LogP contribution in [0.4, 0.5) is 11.6 Å². The van der Waals surface area contributed by atoms with Gasteiger partial charge in [0, 0.05) is 18.7 Å². The lowest BCUT2D eigenvalue weighted by Crippen LogP contribution is -2.07. The minimum Gasteiger partial charge on any atom is -0.354 e. The van der Waals surface area contributed by atoms with Crippen molar-refractivity contribution in [1.82, 2.24) is 9.97 Å². The van der Waals surface area contributed by atoms with Gasteiger partial charge in [0.15, 0.2) is 0 Å². The van der Waals surface area contributed by atoms with Crippen LogP contribution >= 0.6 is 11.6 Å². The zero-order valence-electron chi connectivity index (χ0n) is 9.91. The maximum atomic E-state index is 10.5. The number of anilines is 1. The summed E-state index contributed by atoms with van der Waals surface area (Å²) in [6.45, 7) is 0.638. The first kappa shape index (κ1) is 13.2. The fraction of sp³-hybridized carbons (Fsp3) is 0.167. The van der Waals surface area contributed by atoms with E-state index in [2.05, 4.69) is 15.3 Å². The molecule has 1 aromatic heterocycles. The molecule has 0 fully saturated rings. The molecule has 0 amide bonds. The van der Waals surface area contributed by atoms with Crippen molar-refractivity contribution in [2.45, 2.75) is 6.42 Å². The van der Waals surface area contributed by atoms with Crippen LogP contribution in [0.15, 0.2) is 36.7 Å². The van der Waals surface area contributed by atoms with Gasteiger partial charge in [-0.15, -0.1) is 0 Å². The molecule has 0 atom stereocenters. The zero-order chi connectivity index (χ0) is 13.7. The molecule has 1 N–H and O–H groups in total. The van der Waals surface area contributed by atoms with E-state index in [1.807, 2.05) is 0 Å². The number of aromatic nitrogens is 2. The molecular weight excluding hydrogens is 268 g/mol. The van der Waals surface area contributed by atoms with Gasteiger partial charge < -0.3 is 5.32 Å². The van der Waals surface area contributed by atoms with Gasteiger partial charge in [0.1, 0.15) is 0 Å². The molecule has 0 unspecified atom stereocenters. The third-order valence-corrected chi connectivity index (χ3v) is 2.66. The minimum absolute atomic E-state index is 0.0951. The van der Waals surface area contributed by atoms with Crippen LogP contribution in [0.1, 0.15) is 5.56 Å². The van der Waals surface area contributed by atoms with E-state index in [4.69, 9.17) is 11.6 Å². The molecule has 2 aromatic rings. The summed E-state index contributed by atoms with van der Waals surface area (Å²) < 4.78 is 0. The molecule has 19 heavy (non-hydrogen) atoms. The molecule has 0 bridgehead atoms. The maximum absolute atomic E-state index is 10.5. The highest BCUT2D eigenvalue weighted by Gasteiger charge is 2.03. The maximum Gasteiger partial charge on any atom is 0.269 e. The number of benzene rings is 1. The van der Waals surface area contributed by atoms with E-state index in [9.17, 15) is 10.1 Å². The average molecular weight is 279 g/mol. The van der Waals surface area contributed by atoms with Crippen molar-refractivity contribution in [2.24, 2.45) is 0 Å². The minimum atomic E-state index is -0.413. The molecule has 7 heteroatoms. The second-order valence-corrected chi connectivity index (χ2v) is 4.26. The Bertz CT molecular complexity index is 557. The second-order valence-electron chi connectivity index (χ2n) is 3.83. The lowest BCUT2D eigenvalue weighted by Gasteiger charge is -2.04. The SMILES string of the molecule is O=[N+]([O-])c1ccc(CCNc2ncc(Cl)cn2)cc1. The van der Waals surface area contributed by atoms with Crippen molar-refractivity contribution in [3.05, 3.63) is 57.4 Å². The Balaban J connectivity index is 1.85. The Hall–Kier alpha value is -2.21. The van der Waals surface area contributed by atoms with Gasteiger partial charge in [-0.1, -0.05) is 23.7 Å². The molecule has 1 heterocycles. The van der Waals surface area contributed by atoms with E-state index in [0.29, 0.717) is 17.5 Å². The van der Waals surface area contributed by atoms with Gasteiger partial charge in [-0.05, 0) is 12.0 Å². The van der Waals surface area contributed by atoms with Crippen molar-refractivity contribution in [3.8, 4) is 0 Å². The Labute approximate surface area is 114 Å². The quantitative estimate of drug-likeness (QED) is 0.672. The summed E-state index contributed by atoms with van der Waals surface area (Å²) in [6, 6.07) is 6.47. The number of halogens is 1. The summed E-state index contributed by atoms with van der Waals surface area (Å²) in [5, 5.41) is 14.0. The number of non-ortho nitro benzene ring substituents is 1. The molecule has 0 aliphatic rings. The van der Waals surface area contributed by atoms with E-state index in [1.54, 1.807) is 12.1 Å². The highest BCUT2D eigenvalue weighted by molar-refractivity contribution is 6.30. The smallest absolute Gasteiger partial charge is 0.269 e. The first-order valence-electron chi connectivity index (χ1n) is 5.60. The molecule has 98 valence electrons. The highest BCUT2D eigenvalue weighted by Crippen LogP contribution is 2.12. The number of nitrogens with zero attached hydrogens (tertiary/aromatic N) is 3. The third-order valence-electron chi connectivity index (χ3n) is 2.46. The molecule has 0 saturated heterocycles. The number of nitro groups is 1. The molecule has 2 rings (SSSR count). The summed E-state index contributed by atoms with van der Waals surface area (Å²) in [7, 11) is 0. The van der Waals surface area contributed by atoms with Crippen molar-refractivity contribution < 1.29 is 4.92 Å². The Morgan fingerprint density at radius 1 is 1.21 bits per heavy atom. The summed E-state index contributed by atoms with van der Waals surface area (Å²) >= 11 is 5.67. The molecular formula is C12H11ClN4O2. The van der Waals surface area contributed by atoms with Crippen LogP contribution in [-0.4, -0.2) is 21.4 Å². The molecule has 0 saturated carbocycles. The van der Waals surface area contributed by atoms with E-state index in [1.165, 1.54) is 24.5 Å². The lowest BCUT2D eigenvalue weighted by atomic mass is 10.1. The third kappa shape index (κ3) is 3.89. The molecule has 0 aliphatic heterocycles. The number of hydrogen-bond acceptors (Lipinski definition) is 5. The monoisotopic (exact) mass is 278 g/mol. The fourth-order valence-electron chi connectivity index (χ4n) is 1.51.